The minimum Gasteiger partial charge on any atom is -0.468 e. The third kappa shape index (κ3) is 4.02. The SMILES string of the molecule is COC(=O)Cn1cc(CNC(=O)c2cncc(N3CCCC3=O)c2)nn1. The standard InChI is InChI=1S/C16H18N6O4/c1-26-15(24)10-21-9-12(19-20-21)7-18-16(25)11-5-13(8-17-6-11)22-4-2-3-14(22)23/h5-6,8-9H,2-4,7,10H2,1H3,(H,18,25). The number of pyridine rings is 1. The summed E-state index contributed by atoms with van der Waals surface area (Å²) in [6.45, 7) is 0.731. The van der Waals surface area contributed by atoms with Gasteiger partial charge in [0.2, 0.25) is 5.91 Å². The Kier molecular flexibility index (Phi) is 5.20. The highest BCUT2D eigenvalue weighted by Crippen LogP contribution is 2.21. The Balaban J connectivity index is 1.60. The average Bonchev–Trinajstić information content (AvgIpc) is 3.28. The lowest BCUT2D eigenvalue weighted by molar-refractivity contribution is -0.141. The van der Waals surface area contributed by atoms with Crippen molar-refractivity contribution in [1.29, 1.82) is 0 Å². The predicted octanol–water partition coefficient (Wildman–Crippen LogP) is -0.0971. The number of carbonyl (C=O) groups excluding carboxylic acids is 3. The molecule has 0 spiro atoms. The number of carbonyl (C=O) groups is 3. The number of hydrogen-bond acceptors (Lipinski definition) is 7. The number of hydrogen-bond donors (Lipinski definition) is 1. The van der Waals surface area contributed by atoms with Crippen LogP contribution in [0.1, 0.15) is 28.9 Å². The second-order valence-electron chi connectivity index (χ2n) is 5.75. The van der Waals surface area contributed by atoms with E-state index in [2.05, 4.69) is 25.3 Å². The van der Waals surface area contributed by atoms with Gasteiger partial charge >= 0.3 is 5.97 Å². The Morgan fingerprint density at radius 3 is 2.92 bits per heavy atom. The summed E-state index contributed by atoms with van der Waals surface area (Å²) in [6.07, 6.45) is 5.87. The minimum atomic E-state index is -0.440. The van der Waals surface area contributed by atoms with E-state index in [-0.39, 0.29) is 24.9 Å². The molecule has 0 aromatic carbocycles. The number of amides is 2. The zero-order chi connectivity index (χ0) is 18.5. The molecule has 10 heteroatoms. The smallest absolute Gasteiger partial charge is 0.327 e. The number of methoxy groups -OCH3 is 1. The van der Waals surface area contributed by atoms with Crippen molar-refractivity contribution in [3.8, 4) is 0 Å². The summed E-state index contributed by atoms with van der Waals surface area (Å²) in [6, 6.07) is 1.64. The van der Waals surface area contributed by atoms with Crippen molar-refractivity contribution in [3.05, 3.63) is 35.9 Å². The molecule has 0 radical (unpaired) electrons. The van der Waals surface area contributed by atoms with Gasteiger partial charge in [0.05, 0.1) is 37.3 Å². The number of ether oxygens (including phenoxy) is 1. The van der Waals surface area contributed by atoms with Crippen LogP contribution in [0.4, 0.5) is 5.69 Å². The van der Waals surface area contributed by atoms with E-state index in [0.717, 1.165) is 6.42 Å². The molecule has 3 heterocycles. The van der Waals surface area contributed by atoms with E-state index in [4.69, 9.17) is 0 Å². The first-order valence-corrected chi connectivity index (χ1v) is 8.06. The summed E-state index contributed by atoms with van der Waals surface area (Å²) in [5, 5.41) is 10.4. The third-order valence-electron chi connectivity index (χ3n) is 3.91. The summed E-state index contributed by atoms with van der Waals surface area (Å²) < 4.78 is 5.88. The normalized spacial score (nSPS) is 13.7. The molecule has 0 atom stereocenters. The van der Waals surface area contributed by atoms with E-state index in [1.54, 1.807) is 23.4 Å². The van der Waals surface area contributed by atoms with E-state index in [0.29, 0.717) is 29.9 Å². The van der Waals surface area contributed by atoms with Gasteiger partial charge in [-0.3, -0.25) is 19.4 Å². The zero-order valence-electron chi connectivity index (χ0n) is 14.2. The van der Waals surface area contributed by atoms with E-state index in [9.17, 15) is 14.4 Å². The van der Waals surface area contributed by atoms with Gasteiger partial charge in [-0.05, 0) is 12.5 Å². The van der Waals surface area contributed by atoms with Gasteiger partial charge in [0, 0.05) is 19.2 Å². The summed E-state index contributed by atoms with van der Waals surface area (Å²) >= 11 is 0. The van der Waals surface area contributed by atoms with Crippen molar-refractivity contribution in [2.45, 2.75) is 25.9 Å². The Morgan fingerprint density at radius 1 is 1.35 bits per heavy atom. The topological polar surface area (TPSA) is 119 Å². The summed E-state index contributed by atoms with van der Waals surface area (Å²) in [5.74, 6) is -0.745. The number of rotatable bonds is 6. The molecule has 136 valence electrons. The highest BCUT2D eigenvalue weighted by Gasteiger charge is 2.22. The van der Waals surface area contributed by atoms with Crippen LogP contribution in [0.2, 0.25) is 0 Å². The van der Waals surface area contributed by atoms with Crippen LogP contribution in [0.5, 0.6) is 0 Å². The van der Waals surface area contributed by atoms with Gasteiger partial charge in [-0.15, -0.1) is 5.10 Å². The van der Waals surface area contributed by atoms with Gasteiger partial charge in [0.1, 0.15) is 12.2 Å². The molecular formula is C16H18N6O4. The Bertz CT molecular complexity index is 834. The van der Waals surface area contributed by atoms with Crippen LogP contribution in [0, 0.1) is 0 Å². The number of esters is 1. The van der Waals surface area contributed by atoms with E-state index >= 15 is 0 Å². The lowest BCUT2D eigenvalue weighted by Crippen LogP contribution is -2.26. The molecule has 0 aliphatic carbocycles. The number of nitrogens with one attached hydrogen (secondary N) is 1. The lowest BCUT2D eigenvalue weighted by atomic mass is 10.2. The molecule has 26 heavy (non-hydrogen) atoms. The minimum absolute atomic E-state index is 0.0339. The third-order valence-corrected chi connectivity index (χ3v) is 3.91. The molecule has 1 fully saturated rings. The van der Waals surface area contributed by atoms with Gasteiger partial charge in [-0.2, -0.15) is 0 Å². The van der Waals surface area contributed by atoms with E-state index < -0.39 is 5.97 Å². The van der Waals surface area contributed by atoms with Crippen molar-refractivity contribution >= 4 is 23.5 Å². The molecule has 2 aromatic rings. The zero-order valence-corrected chi connectivity index (χ0v) is 14.2. The molecule has 1 aliphatic rings. The maximum Gasteiger partial charge on any atom is 0.327 e. The second kappa shape index (κ2) is 7.72. The van der Waals surface area contributed by atoms with Gasteiger partial charge in [0.25, 0.3) is 5.91 Å². The van der Waals surface area contributed by atoms with Crippen molar-refractivity contribution in [2.75, 3.05) is 18.6 Å². The van der Waals surface area contributed by atoms with Crippen molar-refractivity contribution in [1.82, 2.24) is 25.3 Å². The highest BCUT2D eigenvalue weighted by atomic mass is 16.5. The monoisotopic (exact) mass is 358 g/mol. The van der Waals surface area contributed by atoms with Crippen LogP contribution in [-0.4, -0.2) is 51.4 Å². The number of nitrogens with zero attached hydrogens (tertiary/aromatic N) is 5. The number of anilines is 1. The Hall–Kier alpha value is -3.30. The molecule has 1 N–H and O–H groups in total. The number of aromatic nitrogens is 4. The molecule has 2 aromatic heterocycles. The Morgan fingerprint density at radius 2 is 2.19 bits per heavy atom. The van der Waals surface area contributed by atoms with Crippen molar-refractivity contribution in [2.24, 2.45) is 0 Å². The fraction of sp³-hybridized carbons (Fsp3) is 0.375. The summed E-state index contributed by atoms with van der Waals surface area (Å²) in [7, 11) is 1.29. The van der Waals surface area contributed by atoms with Gasteiger partial charge < -0.3 is 15.0 Å². The van der Waals surface area contributed by atoms with Crippen molar-refractivity contribution in [3.63, 3.8) is 0 Å². The molecule has 3 rings (SSSR count). The molecule has 2 amide bonds. The van der Waals surface area contributed by atoms with E-state index in [1.807, 2.05) is 0 Å². The molecular weight excluding hydrogens is 340 g/mol. The maximum atomic E-state index is 12.3. The van der Waals surface area contributed by atoms with Crippen LogP contribution in [0.15, 0.2) is 24.7 Å². The Labute approximate surface area is 149 Å². The fourth-order valence-electron chi connectivity index (χ4n) is 2.59. The van der Waals surface area contributed by atoms with Gasteiger partial charge in [-0.25, -0.2) is 4.68 Å². The first kappa shape index (κ1) is 17.5. The highest BCUT2D eigenvalue weighted by molar-refractivity contribution is 5.98. The first-order chi connectivity index (χ1) is 12.6. The van der Waals surface area contributed by atoms with Crippen molar-refractivity contribution < 1.29 is 19.1 Å². The molecule has 0 bridgehead atoms. The summed E-state index contributed by atoms with van der Waals surface area (Å²) in [5.41, 5.74) is 1.47. The molecule has 1 saturated heterocycles. The van der Waals surface area contributed by atoms with Crippen LogP contribution < -0.4 is 10.2 Å². The molecule has 0 saturated carbocycles. The molecule has 0 unspecified atom stereocenters. The van der Waals surface area contributed by atoms with Gasteiger partial charge in [-0.1, -0.05) is 5.21 Å². The predicted molar refractivity (Wildman–Crippen MR) is 89.0 cm³/mol. The molecule has 1 aliphatic heterocycles. The quantitative estimate of drug-likeness (QED) is 0.716. The second-order valence-corrected chi connectivity index (χ2v) is 5.75. The fourth-order valence-corrected chi connectivity index (χ4v) is 2.59. The summed E-state index contributed by atoms with van der Waals surface area (Å²) in [4.78, 5) is 41.0. The lowest BCUT2D eigenvalue weighted by Gasteiger charge is -2.15. The van der Waals surface area contributed by atoms with Gasteiger partial charge in [0.15, 0.2) is 0 Å². The van der Waals surface area contributed by atoms with Crippen LogP contribution in [0.25, 0.3) is 0 Å². The van der Waals surface area contributed by atoms with E-state index in [1.165, 1.54) is 18.0 Å². The largest absolute Gasteiger partial charge is 0.468 e. The maximum absolute atomic E-state index is 12.3. The van der Waals surface area contributed by atoms with Crippen LogP contribution in [0.3, 0.4) is 0 Å². The molecule has 10 nitrogen and oxygen atoms in total. The van der Waals surface area contributed by atoms with Crippen LogP contribution >= 0.6 is 0 Å². The first-order valence-electron chi connectivity index (χ1n) is 8.06. The van der Waals surface area contributed by atoms with Crippen LogP contribution in [-0.2, 0) is 27.4 Å². The average molecular weight is 358 g/mol.